The third-order valence-electron chi connectivity index (χ3n) is 4.64. The number of piperidine rings is 1. The summed E-state index contributed by atoms with van der Waals surface area (Å²) in [5, 5.41) is 13.0. The SMILES string of the molecule is Cc1ccc(C(=O)N[C@H](O)C2CCN(C(=O)Oc3cccnc3C)CC2)s1. The highest BCUT2D eigenvalue weighted by molar-refractivity contribution is 7.13. The molecular weight excluding hydrogens is 366 g/mol. The van der Waals surface area contributed by atoms with Crippen molar-refractivity contribution in [2.24, 2.45) is 5.92 Å². The number of hydrogen-bond acceptors (Lipinski definition) is 6. The fourth-order valence-corrected chi connectivity index (χ4v) is 3.78. The summed E-state index contributed by atoms with van der Waals surface area (Å²) >= 11 is 1.39. The van der Waals surface area contributed by atoms with Gasteiger partial charge in [0, 0.05) is 30.1 Å². The van der Waals surface area contributed by atoms with Crippen LogP contribution in [-0.4, -0.2) is 46.3 Å². The molecule has 3 rings (SSSR count). The molecule has 0 spiro atoms. The number of aryl methyl sites for hydroxylation is 2. The van der Waals surface area contributed by atoms with Gasteiger partial charge >= 0.3 is 6.09 Å². The van der Waals surface area contributed by atoms with E-state index in [1.165, 1.54) is 11.3 Å². The zero-order chi connectivity index (χ0) is 19.4. The first-order valence-corrected chi connectivity index (χ1v) is 9.69. The lowest BCUT2D eigenvalue weighted by atomic mass is 9.95. The van der Waals surface area contributed by atoms with Crippen molar-refractivity contribution in [1.82, 2.24) is 15.2 Å². The van der Waals surface area contributed by atoms with Gasteiger partial charge in [-0.1, -0.05) is 0 Å². The summed E-state index contributed by atoms with van der Waals surface area (Å²) in [5.41, 5.74) is 0.655. The number of pyridine rings is 1. The fourth-order valence-electron chi connectivity index (χ4n) is 3.01. The Hall–Kier alpha value is -2.45. The van der Waals surface area contributed by atoms with Gasteiger partial charge in [0.25, 0.3) is 5.91 Å². The Bertz CT molecular complexity index is 815. The number of carbonyl (C=O) groups excluding carboxylic acids is 2. The number of amides is 2. The van der Waals surface area contributed by atoms with Crippen LogP contribution >= 0.6 is 11.3 Å². The first-order chi connectivity index (χ1) is 12.9. The average Bonchev–Trinajstić information content (AvgIpc) is 3.10. The molecule has 7 nitrogen and oxygen atoms in total. The number of aliphatic hydroxyl groups excluding tert-OH is 1. The highest BCUT2D eigenvalue weighted by Gasteiger charge is 2.29. The normalized spacial score (nSPS) is 16.0. The summed E-state index contributed by atoms with van der Waals surface area (Å²) in [6.07, 6.45) is 1.47. The summed E-state index contributed by atoms with van der Waals surface area (Å²) in [4.78, 5) is 31.8. The predicted molar refractivity (Wildman–Crippen MR) is 102 cm³/mol. The van der Waals surface area contributed by atoms with E-state index in [9.17, 15) is 14.7 Å². The molecule has 0 aliphatic carbocycles. The van der Waals surface area contributed by atoms with E-state index in [4.69, 9.17) is 4.74 Å². The number of hydrogen-bond donors (Lipinski definition) is 2. The molecule has 27 heavy (non-hydrogen) atoms. The van der Waals surface area contributed by atoms with E-state index in [-0.39, 0.29) is 11.8 Å². The topological polar surface area (TPSA) is 91.8 Å². The minimum Gasteiger partial charge on any atom is -0.408 e. The molecule has 0 bridgehead atoms. The number of ether oxygens (including phenoxy) is 1. The molecule has 1 aliphatic rings. The van der Waals surface area contributed by atoms with Crippen molar-refractivity contribution in [1.29, 1.82) is 0 Å². The summed E-state index contributed by atoms with van der Waals surface area (Å²) < 4.78 is 5.40. The van der Waals surface area contributed by atoms with Gasteiger partial charge in [-0.05, 0) is 51.0 Å². The molecule has 1 atom stereocenters. The molecule has 1 saturated heterocycles. The maximum Gasteiger partial charge on any atom is 0.415 e. The van der Waals surface area contributed by atoms with Crippen LogP contribution in [0.15, 0.2) is 30.5 Å². The first kappa shape index (κ1) is 19.3. The lowest BCUT2D eigenvalue weighted by Gasteiger charge is -2.33. The Kier molecular flexibility index (Phi) is 6.08. The molecule has 0 unspecified atom stereocenters. The zero-order valence-electron chi connectivity index (χ0n) is 15.3. The molecule has 3 heterocycles. The van der Waals surface area contributed by atoms with Gasteiger partial charge in [-0.15, -0.1) is 11.3 Å². The molecule has 2 amide bonds. The lowest BCUT2D eigenvalue weighted by Crippen LogP contribution is -2.47. The van der Waals surface area contributed by atoms with Crippen LogP contribution in [0, 0.1) is 19.8 Å². The Morgan fingerprint density at radius 2 is 2.04 bits per heavy atom. The van der Waals surface area contributed by atoms with Crippen LogP contribution in [0.25, 0.3) is 0 Å². The molecule has 2 N–H and O–H groups in total. The number of likely N-dealkylation sites (tertiary alicyclic amines) is 1. The van der Waals surface area contributed by atoms with E-state index < -0.39 is 12.3 Å². The summed E-state index contributed by atoms with van der Waals surface area (Å²) in [5.74, 6) is 0.0804. The van der Waals surface area contributed by atoms with E-state index in [0.717, 1.165) is 4.88 Å². The van der Waals surface area contributed by atoms with Crippen LogP contribution in [0.2, 0.25) is 0 Å². The van der Waals surface area contributed by atoms with Crippen LogP contribution in [0.5, 0.6) is 5.75 Å². The van der Waals surface area contributed by atoms with Crippen LogP contribution in [0.4, 0.5) is 4.79 Å². The number of nitrogens with zero attached hydrogens (tertiary/aromatic N) is 2. The second kappa shape index (κ2) is 8.49. The van der Waals surface area contributed by atoms with Gasteiger partial charge in [-0.3, -0.25) is 9.78 Å². The molecule has 0 aromatic carbocycles. The van der Waals surface area contributed by atoms with Crippen LogP contribution in [0.3, 0.4) is 0 Å². The number of aromatic nitrogens is 1. The molecular formula is C19H23N3O4S. The third-order valence-corrected chi connectivity index (χ3v) is 5.64. The van der Waals surface area contributed by atoms with E-state index in [0.29, 0.717) is 42.3 Å². The van der Waals surface area contributed by atoms with Crippen molar-refractivity contribution in [3.8, 4) is 5.75 Å². The quantitative estimate of drug-likeness (QED) is 0.785. The molecule has 8 heteroatoms. The van der Waals surface area contributed by atoms with Crippen molar-refractivity contribution in [2.75, 3.05) is 13.1 Å². The maximum atomic E-state index is 12.3. The second-order valence-corrected chi connectivity index (χ2v) is 7.90. The van der Waals surface area contributed by atoms with Crippen molar-refractivity contribution in [3.63, 3.8) is 0 Å². The number of thiophene rings is 1. The standard InChI is InChI=1S/C19H23N3O4S/c1-12-5-6-16(27-12)18(24)21-17(23)14-7-10-22(11-8-14)19(25)26-15-4-3-9-20-13(15)2/h3-6,9,14,17,23H,7-8,10-11H2,1-2H3,(H,21,24)/t17-/m1/s1. The Balaban J connectivity index is 1.48. The van der Waals surface area contributed by atoms with Gasteiger partial charge in [0.2, 0.25) is 0 Å². The van der Waals surface area contributed by atoms with Crippen LogP contribution < -0.4 is 10.1 Å². The number of nitrogens with one attached hydrogen (secondary N) is 1. The Morgan fingerprint density at radius 1 is 1.30 bits per heavy atom. The number of carbonyl (C=O) groups is 2. The maximum absolute atomic E-state index is 12.3. The molecule has 2 aromatic rings. The van der Waals surface area contributed by atoms with E-state index in [1.807, 2.05) is 13.0 Å². The average molecular weight is 389 g/mol. The van der Waals surface area contributed by atoms with Gasteiger partial charge in [0.1, 0.15) is 6.23 Å². The van der Waals surface area contributed by atoms with Gasteiger partial charge in [0.05, 0.1) is 10.6 Å². The molecule has 1 fully saturated rings. The largest absolute Gasteiger partial charge is 0.415 e. The smallest absolute Gasteiger partial charge is 0.408 e. The molecule has 0 radical (unpaired) electrons. The predicted octanol–water partition coefficient (Wildman–Crippen LogP) is 2.72. The van der Waals surface area contributed by atoms with Gasteiger partial charge < -0.3 is 20.1 Å². The van der Waals surface area contributed by atoms with Crippen molar-refractivity contribution < 1.29 is 19.4 Å². The highest BCUT2D eigenvalue weighted by Crippen LogP contribution is 2.23. The first-order valence-electron chi connectivity index (χ1n) is 8.88. The van der Waals surface area contributed by atoms with E-state index in [2.05, 4.69) is 10.3 Å². The number of aliphatic hydroxyl groups is 1. The van der Waals surface area contributed by atoms with Gasteiger partial charge in [0.15, 0.2) is 5.75 Å². The molecule has 144 valence electrons. The monoisotopic (exact) mass is 389 g/mol. The summed E-state index contributed by atoms with van der Waals surface area (Å²) in [6, 6.07) is 7.05. The van der Waals surface area contributed by atoms with Crippen LogP contribution in [0.1, 0.15) is 33.1 Å². The Morgan fingerprint density at radius 3 is 2.67 bits per heavy atom. The van der Waals surface area contributed by atoms with Crippen molar-refractivity contribution in [3.05, 3.63) is 45.9 Å². The fraction of sp³-hybridized carbons (Fsp3) is 0.421. The number of rotatable bonds is 4. The van der Waals surface area contributed by atoms with E-state index in [1.54, 1.807) is 36.2 Å². The lowest BCUT2D eigenvalue weighted by molar-refractivity contribution is 0.0341. The molecule has 2 aromatic heterocycles. The summed E-state index contributed by atoms with van der Waals surface area (Å²) in [7, 11) is 0. The van der Waals surface area contributed by atoms with Gasteiger partial charge in [-0.25, -0.2) is 4.79 Å². The van der Waals surface area contributed by atoms with Crippen molar-refractivity contribution in [2.45, 2.75) is 32.9 Å². The van der Waals surface area contributed by atoms with Crippen molar-refractivity contribution >= 4 is 23.3 Å². The minimum atomic E-state index is -0.932. The molecule has 0 saturated carbocycles. The van der Waals surface area contributed by atoms with Gasteiger partial charge in [-0.2, -0.15) is 0 Å². The van der Waals surface area contributed by atoms with E-state index >= 15 is 0 Å². The highest BCUT2D eigenvalue weighted by atomic mass is 32.1. The van der Waals surface area contributed by atoms with Crippen LogP contribution in [-0.2, 0) is 0 Å². The third kappa shape index (κ3) is 4.84. The molecule has 1 aliphatic heterocycles. The second-order valence-electron chi connectivity index (χ2n) is 6.61. The zero-order valence-corrected chi connectivity index (χ0v) is 16.2. The Labute approximate surface area is 162 Å². The minimum absolute atomic E-state index is 0.0980. The summed E-state index contributed by atoms with van der Waals surface area (Å²) in [6.45, 7) is 4.64.